The number of rotatable bonds is 1. The van der Waals surface area contributed by atoms with E-state index in [9.17, 15) is 4.39 Å². The van der Waals surface area contributed by atoms with E-state index in [4.69, 9.17) is 5.11 Å². The van der Waals surface area contributed by atoms with Crippen LogP contribution in [0.25, 0.3) is 0 Å². The molecule has 3 heteroatoms. The van der Waals surface area contributed by atoms with Gasteiger partial charge in [-0.1, -0.05) is 11.8 Å². The molecule has 62 valence electrons. The van der Waals surface area contributed by atoms with Crippen LogP contribution in [0.15, 0.2) is 18.3 Å². The number of aromatic nitrogens is 1. The predicted molar refractivity (Wildman–Crippen MR) is 42.8 cm³/mol. The first-order valence-electron chi connectivity index (χ1n) is 3.55. The monoisotopic (exact) mass is 165 g/mol. The van der Waals surface area contributed by atoms with E-state index in [1.165, 1.54) is 6.20 Å². The minimum absolute atomic E-state index is 0.00508. The third-order valence-corrected chi connectivity index (χ3v) is 1.22. The molecule has 12 heavy (non-hydrogen) atoms. The molecule has 0 radical (unpaired) electrons. The van der Waals surface area contributed by atoms with Gasteiger partial charge in [0.15, 0.2) is 0 Å². The van der Waals surface area contributed by atoms with Crippen LogP contribution in [0.5, 0.6) is 0 Å². The number of pyridine rings is 1. The quantitative estimate of drug-likeness (QED) is 0.496. The van der Waals surface area contributed by atoms with Crippen LogP contribution < -0.4 is 0 Å². The van der Waals surface area contributed by atoms with Crippen molar-refractivity contribution in [3.8, 4) is 11.8 Å². The third kappa shape index (κ3) is 2.33. The highest BCUT2D eigenvalue weighted by molar-refractivity contribution is 5.32. The molecule has 0 aromatic carbocycles. The van der Waals surface area contributed by atoms with Gasteiger partial charge in [0.05, 0.1) is 12.2 Å². The highest BCUT2D eigenvalue weighted by Crippen LogP contribution is 1.99. The van der Waals surface area contributed by atoms with Crippen LogP contribution in [-0.2, 0) is 0 Å². The Hall–Kier alpha value is -1.40. The molecule has 0 aliphatic heterocycles. The molecule has 0 aliphatic carbocycles. The molecular weight excluding hydrogens is 157 g/mol. The average molecular weight is 165 g/mol. The predicted octanol–water partition coefficient (Wildman–Crippen LogP) is 0.955. The molecule has 1 aromatic rings. The van der Waals surface area contributed by atoms with Gasteiger partial charge in [0.25, 0.3) is 0 Å². The molecule has 0 saturated heterocycles. The molecular formula is C9H8FNO. The molecule has 0 saturated carbocycles. The van der Waals surface area contributed by atoms with Gasteiger partial charge in [0.1, 0.15) is 0 Å². The Bertz CT molecular complexity index is 314. The smallest absolute Gasteiger partial charge is 0.228 e. The second-order valence-corrected chi connectivity index (χ2v) is 2.12. The summed E-state index contributed by atoms with van der Waals surface area (Å²) in [5, 5.41) is 8.40. The number of aliphatic hydroxyl groups excluding tert-OH is 1. The van der Waals surface area contributed by atoms with Crippen molar-refractivity contribution in [2.24, 2.45) is 0 Å². The maximum absolute atomic E-state index is 12.7. The fourth-order valence-electron chi connectivity index (χ4n) is 0.693. The molecule has 0 aliphatic rings. The molecule has 1 aromatic heterocycles. The van der Waals surface area contributed by atoms with Crippen molar-refractivity contribution < 1.29 is 9.50 Å². The van der Waals surface area contributed by atoms with Crippen LogP contribution in [0, 0.1) is 17.8 Å². The summed E-state index contributed by atoms with van der Waals surface area (Å²) < 4.78 is 12.7. The zero-order valence-electron chi connectivity index (χ0n) is 6.42. The summed E-state index contributed by atoms with van der Waals surface area (Å²) in [5.74, 6) is 4.61. The number of nitrogens with zero attached hydrogens (tertiary/aromatic N) is 1. The van der Waals surface area contributed by atoms with Crippen LogP contribution in [0.2, 0.25) is 0 Å². The van der Waals surface area contributed by atoms with Crippen LogP contribution in [0.3, 0.4) is 0 Å². The highest BCUT2D eigenvalue weighted by Gasteiger charge is 1.95. The standard InChI is InChI=1S/C9H8FNO/c10-9-8(4-1-2-7-12)5-3-6-11-9/h3,5-6,12H,2,7H2. The van der Waals surface area contributed by atoms with Crippen LogP contribution in [0.4, 0.5) is 4.39 Å². The van der Waals surface area contributed by atoms with Gasteiger partial charge in [-0.3, -0.25) is 0 Å². The van der Waals surface area contributed by atoms with Crippen molar-refractivity contribution in [3.63, 3.8) is 0 Å². The summed E-state index contributed by atoms with van der Waals surface area (Å²) >= 11 is 0. The molecule has 0 bridgehead atoms. The lowest BCUT2D eigenvalue weighted by Crippen LogP contribution is -1.86. The average Bonchev–Trinajstić information content (AvgIpc) is 2.09. The molecule has 0 atom stereocenters. The van der Waals surface area contributed by atoms with Crippen molar-refractivity contribution in [3.05, 3.63) is 29.8 Å². The van der Waals surface area contributed by atoms with Gasteiger partial charge in [-0.25, -0.2) is 4.98 Å². The lowest BCUT2D eigenvalue weighted by Gasteiger charge is -1.89. The van der Waals surface area contributed by atoms with Crippen LogP contribution in [0.1, 0.15) is 12.0 Å². The number of aliphatic hydroxyl groups is 1. The van der Waals surface area contributed by atoms with Crippen molar-refractivity contribution in [2.45, 2.75) is 6.42 Å². The number of hydrogen-bond acceptors (Lipinski definition) is 2. The summed E-state index contributed by atoms with van der Waals surface area (Å²) in [7, 11) is 0. The van der Waals surface area contributed by atoms with E-state index in [2.05, 4.69) is 16.8 Å². The van der Waals surface area contributed by atoms with Gasteiger partial charge in [0, 0.05) is 12.6 Å². The molecule has 0 unspecified atom stereocenters. The van der Waals surface area contributed by atoms with Crippen molar-refractivity contribution in [1.29, 1.82) is 0 Å². The zero-order chi connectivity index (χ0) is 8.81. The number of hydrogen-bond donors (Lipinski definition) is 1. The SMILES string of the molecule is OCCC#Cc1cccnc1F. The summed E-state index contributed by atoms with van der Waals surface area (Å²) in [6, 6.07) is 3.17. The second kappa shape index (κ2) is 4.47. The summed E-state index contributed by atoms with van der Waals surface area (Å²) in [4.78, 5) is 3.43. The van der Waals surface area contributed by atoms with E-state index in [-0.39, 0.29) is 12.2 Å². The van der Waals surface area contributed by atoms with Crippen LogP contribution >= 0.6 is 0 Å². The Morgan fingerprint density at radius 3 is 3.08 bits per heavy atom. The second-order valence-electron chi connectivity index (χ2n) is 2.12. The van der Waals surface area contributed by atoms with Crippen LogP contribution in [-0.4, -0.2) is 16.7 Å². The van der Waals surface area contributed by atoms with Gasteiger partial charge in [-0.2, -0.15) is 4.39 Å². The van der Waals surface area contributed by atoms with Gasteiger partial charge in [0.2, 0.25) is 5.95 Å². The van der Waals surface area contributed by atoms with E-state index < -0.39 is 5.95 Å². The van der Waals surface area contributed by atoms with Crippen molar-refractivity contribution in [2.75, 3.05) is 6.61 Å². The Labute approximate surface area is 70.1 Å². The summed E-state index contributed by atoms with van der Waals surface area (Å²) in [6.45, 7) is -0.00508. The van der Waals surface area contributed by atoms with E-state index in [1.807, 2.05) is 0 Å². The minimum Gasteiger partial charge on any atom is -0.395 e. The maximum Gasteiger partial charge on any atom is 0.228 e. The van der Waals surface area contributed by atoms with E-state index in [1.54, 1.807) is 12.1 Å². The van der Waals surface area contributed by atoms with E-state index in [0.717, 1.165) is 0 Å². The first kappa shape index (κ1) is 8.69. The first-order chi connectivity index (χ1) is 5.84. The van der Waals surface area contributed by atoms with E-state index >= 15 is 0 Å². The Kier molecular flexibility index (Phi) is 3.24. The van der Waals surface area contributed by atoms with Gasteiger partial charge in [-0.05, 0) is 12.1 Å². The van der Waals surface area contributed by atoms with Gasteiger partial charge >= 0.3 is 0 Å². The third-order valence-electron chi connectivity index (χ3n) is 1.22. The first-order valence-corrected chi connectivity index (χ1v) is 3.55. The maximum atomic E-state index is 12.7. The molecule has 0 amide bonds. The van der Waals surface area contributed by atoms with Gasteiger partial charge in [-0.15, -0.1) is 0 Å². The Morgan fingerprint density at radius 2 is 2.42 bits per heavy atom. The Balaban J connectivity index is 2.77. The lowest BCUT2D eigenvalue weighted by molar-refractivity contribution is 0.305. The highest BCUT2D eigenvalue weighted by atomic mass is 19.1. The summed E-state index contributed by atoms with van der Waals surface area (Å²) in [5.41, 5.74) is 0.269. The topological polar surface area (TPSA) is 33.1 Å². The molecule has 1 N–H and O–H groups in total. The number of halogens is 1. The fraction of sp³-hybridized carbons (Fsp3) is 0.222. The normalized spacial score (nSPS) is 8.83. The lowest BCUT2D eigenvalue weighted by atomic mass is 10.3. The molecule has 1 heterocycles. The summed E-state index contributed by atoms with van der Waals surface area (Å²) in [6.07, 6.45) is 1.72. The molecule has 1 rings (SSSR count). The fourth-order valence-corrected chi connectivity index (χ4v) is 0.693. The molecule has 2 nitrogen and oxygen atoms in total. The van der Waals surface area contributed by atoms with E-state index in [0.29, 0.717) is 6.42 Å². The molecule has 0 spiro atoms. The molecule has 0 fully saturated rings. The minimum atomic E-state index is -0.567. The van der Waals surface area contributed by atoms with Crippen molar-refractivity contribution in [1.82, 2.24) is 4.98 Å². The zero-order valence-corrected chi connectivity index (χ0v) is 6.42. The van der Waals surface area contributed by atoms with Crippen molar-refractivity contribution >= 4 is 0 Å². The van der Waals surface area contributed by atoms with Gasteiger partial charge < -0.3 is 5.11 Å². The largest absolute Gasteiger partial charge is 0.395 e. The Morgan fingerprint density at radius 1 is 1.58 bits per heavy atom.